The first kappa shape index (κ1) is 17.3. The Morgan fingerprint density at radius 1 is 1.11 bits per heavy atom. The highest BCUT2D eigenvalue weighted by Gasteiger charge is 2.19. The Bertz CT molecular complexity index is 1260. The summed E-state index contributed by atoms with van der Waals surface area (Å²) >= 11 is 0. The smallest absolute Gasteiger partial charge is 0.259 e. The van der Waals surface area contributed by atoms with Crippen LogP contribution in [0.15, 0.2) is 60.8 Å². The number of carbonyl (C=O) groups is 1. The van der Waals surface area contributed by atoms with Crippen LogP contribution in [0.3, 0.4) is 0 Å². The molecule has 2 heterocycles. The van der Waals surface area contributed by atoms with Gasteiger partial charge in [0.1, 0.15) is 23.3 Å². The van der Waals surface area contributed by atoms with E-state index < -0.39 is 17.5 Å². The number of hydrogen-bond acceptors (Lipinski definition) is 4. The molecule has 0 radical (unpaired) electrons. The largest absolute Gasteiger partial charge is 0.305 e. The predicted molar refractivity (Wildman–Crippen MR) is 97.9 cm³/mol. The number of amides is 1. The minimum atomic E-state index is -1.01. The van der Waals surface area contributed by atoms with E-state index >= 15 is 0 Å². The molecule has 0 saturated heterocycles. The van der Waals surface area contributed by atoms with Crippen LogP contribution in [0.4, 0.5) is 14.6 Å². The summed E-state index contributed by atoms with van der Waals surface area (Å²) in [6, 6.07) is 15.5. The van der Waals surface area contributed by atoms with Gasteiger partial charge in [-0.25, -0.2) is 13.8 Å². The number of fused-ring (bicyclic) bond motifs is 1. The number of hydrogen-bond donors (Lipinski definition) is 1. The third-order valence-electron chi connectivity index (χ3n) is 4.10. The second-order valence-corrected chi connectivity index (χ2v) is 5.87. The fourth-order valence-electron chi connectivity index (χ4n) is 2.75. The van der Waals surface area contributed by atoms with Crippen LogP contribution in [0.25, 0.3) is 16.7 Å². The molecule has 4 rings (SSSR count). The van der Waals surface area contributed by atoms with Gasteiger partial charge < -0.3 is 5.32 Å². The topological polar surface area (TPSA) is 83.6 Å². The average Bonchev–Trinajstić information content (AvgIpc) is 3.10. The highest BCUT2D eigenvalue weighted by Crippen LogP contribution is 2.22. The standard InChI is InChI=1S/C20H11F2N5O/c21-14-6-7-15(16(22)9-14)20(28)26-19-13(10-23)11-24-27(19)18-8-5-12-3-1-2-4-17(12)25-18/h1-9,11H,(H,26,28). The van der Waals surface area contributed by atoms with Gasteiger partial charge in [0.15, 0.2) is 11.6 Å². The summed E-state index contributed by atoms with van der Waals surface area (Å²) in [5.41, 5.74) is 0.422. The lowest BCUT2D eigenvalue weighted by atomic mass is 10.2. The number of rotatable bonds is 3. The molecule has 0 aliphatic rings. The van der Waals surface area contributed by atoms with Crippen LogP contribution in [0.5, 0.6) is 0 Å². The van der Waals surface area contributed by atoms with Crippen molar-refractivity contribution in [3.8, 4) is 11.9 Å². The van der Waals surface area contributed by atoms with Crippen molar-refractivity contribution in [3.63, 3.8) is 0 Å². The van der Waals surface area contributed by atoms with Crippen LogP contribution in [0.1, 0.15) is 15.9 Å². The minimum Gasteiger partial charge on any atom is -0.305 e. The van der Waals surface area contributed by atoms with Crippen molar-refractivity contribution >= 4 is 22.6 Å². The van der Waals surface area contributed by atoms with E-state index in [9.17, 15) is 18.8 Å². The third kappa shape index (κ3) is 3.05. The molecule has 28 heavy (non-hydrogen) atoms. The fraction of sp³-hybridized carbons (Fsp3) is 0. The molecule has 1 N–H and O–H groups in total. The molecular weight excluding hydrogens is 364 g/mol. The van der Waals surface area contributed by atoms with Gasteiger partial charge in [-0.2, -0.15) is 15.0 Å². The summed E-state index contributed by atoms with van der Waals surface area (Å²) in [6.07, 6.45) is 1.27. The Hall–Kier alpha value is -4.12. The number of benzene rings is 2. The van der Waals surface area contributed by atoms with Crippen molar-refractivity contribution in [2.45, 2.75) is 0 Å². The number of carbonyl (C=O) groups excluding carboxylic acids is 1. The maximum absolute atomic E-state index is 13.9. The van der Waals surface area contributed by atoms with E-state index in [0.29, 0.717) is 17.4 Å². The molecule has 8 heteroatoms. The maximum Gasteiger partial charge on any atom is 0.259 e. The van der Waals surface area contributed by atoms with Gasteiger partial charge in [0.25, 0.3) is 5.91 Å². The summed E-state index contributed by atoms with van der Waals surface area (Å²) < 4.78 is 28.3. The molecule has 0 aliphatic carbocycles. The second-order valence-electron chi connectivity index (χ2n) is 5.87. The third-order valence-corrected chi connectivity index (χ3v) is 4.10. The summed E-state index contributed by atoms with van der Waals surface area (Å²) in [5.74, 6) is -2.23. The molecule has 0 unspecified atom stereocenters. The molecular formula is C20H11F2N5O. The zero-order valence-corrected chi connectivity index (χ0v) is 14.2. The van der Waals surface area contributed by atoms with E-state index in [0.717, 1.165) is 17.5 Å². The molecule has 0 aliphatic heterocycles. The van der Waals surface area contributed by atoms with Gasteiger partial charge in [-0.15, -0.1) is 0 Å². The summed E-state index contributed by atoms with van der Waals surface area (Å²) in [7, 11) is 0. The number of nitriles is 1. The highest BCUT2D eigenvalue weighted by atomic mass is 19.1. The van der Waals surface area contributed by atoms with Crippen molar-refractivity contribution in [3.05, 3.63) is 83.6 Å². The van der Waals surface area contributed by atoms with Crippen LogP contribution in [0, 0.1) is 23.0 Å². The molecule has 4 aromatic rings. The minimum absolute atomic E-state index is 0.0407. The van der Waals surface area contributed by atoms with Crippen molar-refractivity contribution in [1.82, 2.24) is 14.8 Å². The van der Waals surface area contributed by atoms with E-state index in [1.54, 1.807) is 6.07 Å². The summed E-state index contributed by atoms with van der Waals surface area (Å²) in [4.78, 5) is 16.9. The summed E-state index contributed by atoms with van der Waals surface area (Å²) in [5, 5.41) is 16.8. The first-order valence-electron chi connectivity index (χ1n) is 8.17. The van der Waals surface area contributed by atoms with E-state index in [1.807, 2.05) is 36.4 Å². The van der Waals surface area contributed by atoms with Crippen LogP contribution in [-0.2, 0) is 0 Å². The zero-order chi connectivity index (χ0) is 19.7. The van der Waals surface area contributed by atoms with Crippen LogP contribution >= 0.6 is 0 Å². The van der Waals surface area contributed by atoms with E-state index in [2.05, 4.69) is 15.4 Å². The van der Waals surface area contributed by atoms with Crippen LogP contribution < -0.4 is 5.32 Å². The number of anilines is 1. The van der Waals surface area contributed by atoms with Crippen LogP contribution in [-0.4, -0.2) is 20.7 Å². The lowest BCUT2D eigenvalue weighted by Crippen LogP contribution is -2.17. The Morgan fingerprint density at radius 3 is 2.71 bits per heavy atom. The molecule has 0 spiro atoms. The first-order chi connectivity index (χ1) is 13.6. The Labute approximate surface area is 157 Å². The number of para-hydroxylation sites is 1. The van der Waals surface area contributed by atoms with E-state index in [4.69, 9.17) is 0 Å². The SMILES string of the molecule is N#Cc1cnn(-c2ccc3ccccc3n2)c1NC(=O)c1ccc(F)cc1F. The Kier molecular flexibility index (Phi) is 4.26. The summed E-state index contributed by atoms with van der Waals surface area (Å²) in [6.45, 7) is 0. The number of nitrogens with one attached hydrogen (secondary N) is 1. The predicted octanol–water partition coefficient (Wildman–Crippen LogP) is 3.82. The molecule has 1 amide bonds. The van der Waals surface area contributed by atoms with Crippen molar-refractivity contribution in [1.29, 1.82) is 5.26 Å². The average molecular weight is 375 g/mol. The van der Waals surface area contributed by atoms with Crippen molar-refractivity contribution in [2.75, 3.05) is 5.32 Å². The van der Waals surface area contributed by atoms with Gasteiger partial charge >= 0.3 is 0 Å². The van der Waals surface area contributed by atoms with Gasteiger partial charge in [0, 0.05) is 11.5 Å². The van der Waals surface area contributed by atoms with Gasteiger partial charge in [-0.05, 0) is 30.3 Å². The molecule has 0 saturated carbocycles. The molecule has 136 valence electrons. The van der Waals surface area contributed by atoms with Crippen molar-refractivity contribution < 1.29 is 13.6 Å². The number of nitrogens with zero attached hydrogens (tertiary/aromatic N) is 4. The molecule has 6 nitrogen and oxygen atoms in total. The second kappa shape index (κ2) is 6.89. The fourth-order valence-corrected chi connectivity index (χ4v) is 2.75. The maximum atomic E-state index is 13.9. The number of aromatic nitrogens is 3. The zero-order valence-electron chi connectivity index (χ0n) is 14.2. The Morgan fingerprint density at radius 2 is 1.93 bits per heavy atom. The van der Waals surface area contributed by atoms with E-state index in [-0.39, 0.29) is 16.9 Å². The first-order valence-corrected chi connectivity index (χ1v) is 8.17. The number of halogens is 2. The number of pyridine rings is 1. The Balaban J connectivity index is 1.75. The molecule has 2 aromatic carbocycles. The van der Waals surface area contributed by atoms with Gasteiger partial charge in [0.05, 0.1) is 17.3 Å². The van der Waals surface area contributed by atoms with Crippen molar-refractivity contribution in [2.24, 2.45) is 0 Å². The van der Waals surface area contributed by atoms with Gasteiger partial charge in [0.2, 0.25) is 0 Å². The molecule has 0 bridgehead atoms. The monoisotopic (exact) mass is 375 g/mol. The quantitative estimate of drug-likeness (QED) is 0.590. The highest BCUT2D eigenvalue weighted by molar-refractivity contribution is 6.04. The van der Waals surface area contributed by atoms with E-state index in [1.165, 1.54) is 10.9 Å². The van der Waals surface area contributed by atoms with Gasteiger partial charge in [-0.3, -0.25) is 4.79 Å². The lowest BCUT2D eigenvalue weighted by Gasteiger charge is -2.10. The molecule has 0 atom stereocenters. The lowest BCUT2D eigenvalue weighted by molar-refractivity contribution is 0.102. The van der Waals surface area contributed by atoms with Gasteiger partial charge in [-0.1, -0.05) is 18.2 Å². The molecule has 2 aromatic heterocycles. The van der Waals surface area contributed by atoms with Crippen LogP contribution in [0.2, 0.25) is 0 Å². The normalized spacial score (nSPS) is 10.6. The molecule has 0 fully saturated rings.